The molecule has 1 aromatic carbocycles. The molecule has 0 atom stereocenters. The van der Waals surface area contributed by atoms with Crippen molar-refractivity contribution in [1.82, 2.24) is 4.90 Å². The zero-order chi connectivity index (χ0) is 16.4. The maximum Gasteiger partial charge on any atom is 0.119 e. The summed E-state index contributed by atoms with van der Waals surface area (Å²) in [5.74, 6) is 0. The summed E-state index contributed by atoms with van der Waals surface area (Å²) in [5, 5.41) is 8.30. The van der Waals surface area contributed by atoms with Gasteiger partial charge in [-0.3, -0.25) is 0 Å². The van der Waals surface area contributed by atoms with E-state index in [-0.39, 0.29) is 0 Å². The fraction of sp³-hybridized carbons (Fsp3) is 0.444. The minimum Gasteiger partial charge on any atom is -0.374 e. The summed E-state index contributed by atoms with van der Waals surface area (Å²) in [5.41, 5.74) is 5.33. The van der Waals surface area contributed by atoms with Crippen LogP contribution in [0.2, 0.25) is 0 Å². The van der Waals surface area contributed by atoms with E-state index in [0.717, 1.165) is 29.1 Å². The second-order valence-electron chi connectivity index (χ2n) is 6.31. The number of thiocarbonyl (C=S) groups is 1. The normalized spacial score (nSPS) is 21.2. The van der Waals surface area contributed by atoms with Gasteiger partial charge in [0.25, 0.3) is 0 Å². The highest BCUT2D eigenvalue weighted by molar-refractivity contribution is 7.80. The SMILES string of the molecule is CN1COC/C(=C/c2ccc3c(c2)CCCN3C)C(=N)CC1=S. The van der Waals surface area contributed by atoms with Crippen molar-refractivity contribution in [2.24, 2.45) is 0 Å². The summed E-state index contributed by atoms with van der Waals surface area (Å²) in [7, 11) is 4.05. The van der Waals surface area contributed by atoms with Gasteiger partial charge in [0.2, 0.25) is 0 Å². The predicted molar refractivity (Wildman–Crippen MR) is 99.5 cm³/mol. The van der Waals surface area contributed by atoms with E-state index >= 15 is 0 Å². The van der Waals surface area contributed by atoms with Crippen molar-refractivity contribution < 1.29 is 4.74 Å². The third kappa shape index (κ3) is 3.62. The van der Waals surface area contributed by atoms with Gasteiger partial charge >= 0.3 is 0 Å². The van der Waals surface area contributed by atoms with Crippen molar-refractivity contribution in [2.45, 2.75) is 19.3 Å². The third-order valence-corrected chi connectivity index (χ3v) is 4.94. The maximum absolute atomic E-state index is 8.30. The molecule has 0 saturated carbocycles. The lowest BCUT2D eigenvalue weighted by Gasteiger charge is -2.28. The number of hydrogen-bond donors (Lipinski definition) is 1. The van der Waals surface area contributed by atoms with Crippen molar-refractivity contribution in [1.29, 1.82) is 5.41 Å². The molecule has 1 fully saturated rings. The maximum atomic E-state index is 8.30. The summed E-state index contributed by atoms with van der Waals surface area (Å²) in [6.45, 7) is 2.07. The second-order valence-corrected chi connectivity index (χ2v) is 6.78. The van der Waals surface area contributed by atoms with E-state index in [1.807, 2.05) is 11.9 Å². The van der Waals surface area contributed by atoms with E-state index in [0.29, 0.717) is 25.5 Å². The Morgan fingerprint density at radius 2 is 2.09 bits per heavy atom. The minimum atomic E-state index is 0.461. The number of fused-ring (bicyclic) bond motifs is 1. The van der Waals surface area contributed by atoms with Gasteiger partial charge in [-0.05, 0) is 47.8 Å². The molecule has 4 nitrogen and oxygen atoms in total. The van der Waals surface area contributed by atoms with E-state index in [1.54, 1.807) is 0 Å². The highest BCUT2D eigenvalue weighted by Crippen LogP contribution is 2.27. The molecule has 0 aromatic heterocycles. The number of nitrogens with zero attached hydrogens (tertiary/aromatic N) is 2. The molecule has 5 heteroatoms. The molecule has 2 aliphatic rings. The van der Waals surface area contributed by atoms with Crippen molar-refractivity contribution in [2.75, 3.05) is 38.9 Å². The van der Waals surface area contributed by atoms with E-state index in [9.17, 15) is 0 Å². The number of anilines is 1. The highest BCUT2D eigenvalue weighted by atomic mass is 32.1. The first-order valence-electron chi connectivity index (χ1n) is 7.99. The molecular weight excluding hydrogens is 306 g/mol. The van der Waals surface area contributed by atoms with Crippen molar-refractivity contribution >= 4 is 34.7 Å². The van der Waals surface area contributed by atoms with Crippen LogP contribution in [0.25, 0.3) is 6.08 Å². The molecular formula is C18H23N3OS. The monoisotopic (exact) mass is 329 g/mol. The van der Waals surface area contributed by atoms with Gasteiger partial charge in [0.1, 0.15) is 6.73 Å². The van der Waals surface area contributed by atoms with Gasteiger partial charge in [0, 0.05) is 38.5 Å². The van der Waals surface area contributed by atoms with Crippen LogP contribution < -0.4 is 4.90 Å². The molecule has 1 N–H and O–H groups in total. The Morgan fingerprint density at radius 3 is 2.91 bits per heavy atom. The lowest BCUT2D eigenvalue weighted by molar-refractivity contribution is 0.0936. The minimum absolute atomic E-state index is 0.461. The van der Waals surface area contributed by atoms with E-state index in [1.165, 1.54) is 17.7 Å². The zero-order valence-electron chi connectivity index (χ0n) is 13.8. The Hall–Kier alpha value is -1.72. The largest absolute Gasteiger partial charge is 0.374 e. The molecule has 0 aliphatic carbocycles. The summed E-state index contributed by atoms with van der Waals surface area (Å²) >= 11 is 5.34. The van der Waals surface area contributed by atoms with Crippen LogP contribution in [-0.2, 0) is 11.2 Å². The first-order valence-corrected chi connectivity index (χ1v) is 8.39. The standard InChI is InChI=1S/C18H23N3OS/c1-20-7-3-4-14-8-13(5-6-17(14)20)9-15-11-22-12-21(2)18(23)10-16(15)19/h5-6,8-9,19H,3-4,7,10-12H2,1-2H3/b15-9-,19-16?. The first kappa shape index (κ1) is 16.1. The second kappa shape index (κ2) is 6.81. The molecule has 0 radical (unpaired) electrons. The van der Waals surface area contributed by atoms with Crippen LogP contribution in [0.5, 0.6) is 0 Å². The first-order chi connectivity index (χ1) is 11.0. The van der Waals surface area contributed by atoms with Crippen LogP contribution in [0, 0.1) is 5.41 Å². The smallest absolute Gasteiger partial charge is 0.119 e. The summed E-state index contributed by atoms with van der Waals surface area (Å²) in [6.07, 6.45) is 4.91. The number of rotatable bonds is 1. The van der Waals surface area contributed by atoms with Gasteiger partial charge in [0.15, 0.2) is 0 Å². The highest BCUT2D eigenvalue weighted by Gasteiger charge is 2.17. The topological polar surface area (TPSA) is 39.6 Å². The molecule has 23 heavy (non-hydrogen) atoms. The quantitative estimate of drug-likeness (QED) is 0.804. The molecule has 3 rings (SSSR count). The van der Waals surface area contributed by atoms with E-state index < -0.39 is 0 Å². The average molecular weight is 329 g/mol. The Balaban J connectivity index is 1.85. The lowest BCUT2D eigenvalue weighted by atomic mass is 9.97. The summed E-state index contributed by atoms with van der Waals surface area (Å²) < 4.78 is 5.66. The fourth-order valence-corrected chi connectivity index (χ4v) is 3.27. The van der Waals surface area contributed by atoms with Crippen LogP contribution in [0.15, 0.2) is 23.8 Å². The average Bonchev–Trinajstić information content (AvgIpc) is 2.53. The Morgan fingerprint density at radius 1 is 1.26 bits per heavy atom. The zero-order valence-corrected chi connectivity index (χ0v) is 14.6. The Labute approximate surface area is 143 Å². The Bertz CT molecular complexity index is 668. The Kier molecular flexibility index (Phi) is 4.78. The molecule has 0 amide bonds. The number of hydrogen-bond acceptors (Lipinski definition) is 4. The van der Waals surface area contributed by atoms with E-state index in [2.05, 4.69) is 36.2 Å². The van der Waals surface area contributed by atoms with Crippen molar-refractivity contribution in [3.63, 3.8) is 0 Å². The molecule has 1 aromatic rings. The number of ether oxygens (including phenoxy) is 1. The molecule has 2 heterocycles. The van der Waals surface area contributed by atoms with Crippen molar-refractivity contribution in [3.8, 4) is 0 Å². The van der Waals surface area contributed by atoms with Crippen LogP contribution in [0.4, 0.5) is 5.69 Å². The van der Waals surface area contributed by atoms with Gasteiger partial charge in [0.05, 0.1) is 11.6 Å². The van der Waals surface area contributed by atoms with Gasteiger partial charge in [-0.2, -0.15) is 0 Å². The number of benzene rings is 1. The molecule has 1 saturated heterocycles. The molecule has 2 aliphatic heterocycles. The van der Waals surface area contributed by atoms with Crippen LogP contribution in [0.3, 0.4) is 0 Å². The molecule has 122 valence electrons. The summed E-state index contributed by atoms with van der Waals surface area (Å²) in [4.78, 5) is 4.95. The third-order valence-electron chi connectivity index (χ3n) is 4.48. The van der Waals surface area contributed by atoms with Gasteiger partial charge in [-0.1, -0.05) is 18.3 Å². The fourth-order valence-electron chi connectivity index (χ4n) is 3.08. The lowest BCUT2D eigenvalue weighted by Crippen LogP contribution is -2.33. The molecule has 0 bridgehead atoms. The van der Waals surface area contributed by atoms with E-state index in [4.69, 9.17) is 22.4 Å². The van der Waals surface area contributed by atoms with Gasteiger partial charge in [-0.15, -0.1) is 0 Å². The molecule has 0 unspecified atom stereocenters. The van der Waals surface area contributed by atoms with Crippen molar-refractivity contribution in [3.05, 3.63) is 34.9 Å². The molecule has 0 spiro atoms. The summed E-state index contributed by atoms with van der Waals surface area (Å²) in [6, 6.07) is 6.56. The van der Waals surface area contributed by atoms with Crippen LogP contribution in [-0.4, -0.2) is 49.6 Å². The predicted octanol–water partition coefficient (Wildman–Crippen LogP) is 3.11. The van der Waals surface area contributed by atoms with Gasteiger partial charge < -0.3 is 19.9 Å². The number of nitrogens with one attached hydrogen (secondary N) is 1. The van der Waals surface area contributed by atoms with Crippen LogP contribution in [0.1, 0.15) is 24.0 Å². The number of aryl methyl sites for hydroxylation is 1. The van der Waals surface area contributed by atoms with Gasteiger partial charge in [-0.25, -0.2) is 0 Å². The van der Waals surface area contributed by atoms with Crippen LogP contribution >= 0.6 is 12.2 Å².